The zero-order valence-corrected chi connectivity index (χ0v) is 13.2. The molecule has 0 aliphatic heterocycles. The average Bonchev–Trinajstić information content (AvgIpc) is 2.83. The van der Waals surface area contributed by atoms with Crippen LogP contribution in [0.15, 0.2) is 29.8 Å². The average molecular weight is 305 g/mol. The van der Waals surface area contributed by atoms with Crippen LogP contribution in [0.2, 0.25) is 0 Å². The van der Waals surface area contributed by atoms with Crippen LogP contribution in [-0.2, 0) is 0 Å². The molecule has 0 aliphatic rings. The number of rotatable bonds is 5. The molecule has 1 aromatic carbocycles. The highest BCUT2D eigenvalue weighted by atomic mass is 32.1. The highest BCUT2D eigenvalue weighted by Gasteiger charge is 2.12. The Labute approximate surface area is 128 Å². The van der Waals surface area contributed by atoms with Gasteiger partial charge in [-0.3, -0.25) is 5.32 Å². The van der Waals surface area contributed by atoms with Crippen molar-refractivity contribution in [2.24, 2.45) is 5.92 Å². The predicted molar refractivity (Wildman–Crippen MR) is 86.3 cm³/mol. The normalized spacial score (nSPS) is 10.5. The maximum absolute atomic E-state index is 11.9. The van der Waals surface area contributed by atoms with Gasteiger partial charge in [0.05, 0.1) is 5.51 Å². The SMILES string of the molecule is Cc1cccc(NC(=O)Oc2ncsc2NCC(C)C)c1. The van der Waals surface area contributed by atoms with Gasteiger partial charge in [0.1, 0.15) is 0 Å². The molecule has 5 nitrogen and oxygen atoms in total. The number of carbonyl (C=O) groups excluding carboxylic acids is 1. The van der Waals surface area contributed by atoms with Crippen molar-refractivity contribution in [1.29, 1.82) is 0 Å². The highest BCUT2D eigenvalue weighted by Crippen LogP contribution is 2.28. The maximum atomic E-state index is 11.9. The van der Waals surface area contributed by atoms with E-state index < -0.39 is 6.09 Å². The molecule has 0 atom stereocenters. The van der Waals surface area contributed by atoms with E-state index in [0.29, 0.717) is 17.5 Å². The number of aromatic nitrogens is 1. The van der Waals surface area contributed by atoms with E-state index in [2.05, 4.69) is 29.5 Å². The van der Waals surface area contributed by atoms with Crippen LogP contribution in [0.5, 0.6) is 5.88 Å². The molecule has 0 unspecified atom stereocenters. The molecule has 0 spiro atoms. The summed E-state index contributed by atoms with van der Waals surface area (Å²) in [5.41, 5.74) is 3.42. The van der Waals surface area contributed by atoms with Crippen molar-refractivity contribution in [3.05, 3.63) is 35.3 Å². The molecule has 0 aliphatic carbocycles. The lowest BCUT2D eigenvalue weighted by Crippen LogP contribution is -2.18. The molecule has 0 bridgehead atoms. The van der Waals surface area contributed by atoms with E-state index >= 15 is 0 Å². The Kier molecular flexibility index (Phi) is 5.16. The van der Waals surface area contributed by atoms with Crippen LogP contribution in [0, 0.1) is 12.8 Å². The quantitative estimate of drug-likeness (QED) is 0.872. The summed E-state index contributed by atoms with van der Waals surface area (Å²) in [5, 5.41) is 6.68. The first-order valence-corrected chi connectivity index (χ1v) is 7.65. The number of aryl methyl sites for hydroxylation is 1. The van der Waals surface area contributed by atoms with Crippen LogP contribution in [0.1, 0.15) is 19.4 Å². The monoisotopic (exact) mass is 305 g/mol. The van der Waals surface area contributed by atoms with Crippen molar-refractivity contribution in [1.82, 2.24) is 4.98 Å². The molecule has 0 radical (unpaired) electrons. The number of anilines is 2. The second kappa shape index (κ2) is 7.08. The number of hydrogen-bond donors (Lipinski definition) is 2. The molecule has 0 saturated carbocycles. The third-order valence-corrected chi connectivity index (χ3v) is 3.42. The number of nitrogens with zero attached hydrogens (tertiary/aromatic N) is 1. The van der Waals surface area contributed by atoms with E-state index in [1.165, 1.54) is 11.3 Å². The van der Waals surface area contributed by atoms with Crippen molar-refractivity contribution in [2.75, 3.05) is 17.2 Å². The number of carbonyl (C=O) groups is 1. The van der Waals surface area contributed by atoms with E-state index in [1.54, 1.807) is 5.51 Å². The van der Waals surface area contributed by atoms with Crippen LogP contribution in [0.3, 0.4) is 0 Å². The van der Waals surface area contributed by atoms with Gasteiger partial charge in [-0.15, -0.1) is 11.3 Å². The fourth-order valence-electron chi connectivity index (χ4n) is 1.68. The standard InChI is InChI=1S/C15H19N3O2S/c1-10(2)8-16-14-13(17-9-21-14)20-15(19)18-12-6-4-5-11(3)7-12/h4-7,9-10,16H,8H2,1-3H3,(H,18,19). The van der Waals surface area contributed by atoms with Gasteiger partial charge in [0.2, 0.25) is 0 Å². The van der Waals surface area contributed by atoms with Crippen molar-refractivity contribution in [2.45, 2.75) is 20.8 Å². The molecule has 1 amide bonds. The molecule has 0 fully saturated rings. The Hall–Kier alpha value is -2.08. The van der Waals surface area contributed by atoms with Crippen LogP contribution in [0.4, 0.5) is 15.5 Å². The van der Waals surface area contributed by atoms with Crippen molar-refractivity contribution in [3.8, 4) is 5.88 Å². The molecule has 1 heterocycles. The summed E-state index contributed by atoms with van der Waals surface area (Å²) in [6.45, 7) is 6.99. The Morgan fingerprint density at radius 1 is 1.43 bits per heavy atom. The van der Waals surface area contributed by atoms with Gasteiger partial charge in [-0.1, -0.05) is 26.0 Å². The highest BCUT2D eigenvalue weighted by molar-refractivity contribution is 7.14. The summed E-state index contributed by atoms with van der Waals surface area (Å²) in [4.78, 5) is 16.0. The number of thiazole rings is 1. The third-order valence-electron chi connectivity index (χ3n) is 2.66. The van der Waals surface area contributed by atoms with E-state index in [0.717, 1.165) is 17.1 Å². The fraction of sp³-hybridized carbons (Fsp3) is 0.333. The molecule has 2 rings (SSSR count). The second-order valence-corrected chi connectivity index (χ2v) is 6.00. The molecule has 6 heteroatoms. The van der Waals surface area contributed by atoms with Crippen LogP contribution in [0.25, 0.3) is 0 Å². The molecule has 2 aromatic rings. The number of nitrogens with one attached hydrogen (secondary N) is 2. The zero-order valence-electron chi connectivity index (χ0n) is 12.3. The van der Waals surface area contributed by atoms with Gasteiger partial charge in [-0.25, -0.2) is 9.78 Å². The Bertz CT molecular complexity index is 610. The lowest BCUT2D eigenvalue weighted by Gasteiger charge is -2.09. The smallest absolute Gasteiger partial charge is 0.388 e. The first-order chi connectivity index (χ1) is 10.0. The number of amides is 1. The fourth-order valence-corrected chi connectivity index (χ4v) is 2.29. The van der Waals surface area contributed by atoms with E-state index in [1.807, 2.05) is 31.2 Å². The first-order valence-electron chi connectivity index (χ1n) is 6.77. The topological polar surface area (TPSA) is 63.2 Å². The molecule has 112 valence electrons. The first kappa shape index (κ1) is 15.3. The van der Waals surface area contributed by atoms with E-state index in [9.17, 15) is 4.79 Å². The molecular formula is C15H19N3O2S. The van der Waals surface area contributed by atoms with Crippen LogP contribution in [-0.4, -0.2) is 17.6 Å². The summed E-state index contributed by atoms with van der Waals surface area (Å²) >= 11 is 1.42. The van der Waals surface area contributed by atoms with Crippen molar-refractivity contribution >= 4 is 28.1 Å². The molecule has 2 N–H and O–H groups in total. The molecule has 1 aromatic heterocycles. The maximum Gasteiger partial charge on any atom is 0.418 e. The summed E-state index contributed by atoms with van der Waals surface area (Å²) in [6, 6.07) is 7.53. The largest absolute Gasteiger partial charge is 0.418 e. The Morgan fingerprint density at radius 3 is 2.95 bits per heavy atom. The van der Waals surface area contributed by atoms with Gasteiger partial charge in [0, 0.05) is 12.2 Å². The van der Waals surface area contributed by atoms with Crippen LogP contribution >= 0.6 is 11.3 Å². The number of benzene rings is 1. The van der Waals surface area contributed by atoms with E-state index in [4.69, 9.17) is 4.74 Å². The van der Waals surface area contributed by atoms with Gasteiger partial charge in [-0.05, 0) is 30.5 Å². The van der Waals surface area contributed by atoms with E-state index in [-0.39, 0.29) is 0 Å². The summed E-state index contributed by atoms with van der Waals surface area (Å²) in [7, 11) is 0. The van der Waals surface area contributed by atoms with Gasteiger partial charge in [0.15, 0.2) is 5.00 Å². The Balaban J connectivity index is 1.95. The lowest BCUT2D eigenvalue weighted by atomic mass is 10.2. The number of ether oxygens (including phenoxy) is 1. The summed E-state index contributed by atoms with van der Waals surface area (Å²) < 4.78 is 5.25. The van der Waals surface area contributed by atoms with Crippen molar-refractivity contribution in [3.63, 3.8) is 0 Å². The minimum absolute atomic E-state index is 0.311. The van der Waals surface area contributed by atoms with Gasteiger partial charge in [0.25, 0.3) is 5.88 Å². The van der Waals surface area contributed by atoms with Crippen LogP contribution < -0.4 is 15.4 Å². The third kappa shape index (κ3) is 4.75. The minimum Gasteiger partial charge on any atom is -0.388 e. The second-order valence-electron chi connectivity index (χ2n) is 5.15. The Morgan fingerprint density at radius 2 is 2.24 bits per heavy atom. The lowest BCUT2D eigenvalue weighted by molar-refractivity contribution is 0.214. The predicted octanol–water partition coefficient (Wildman–Crippen LogP) is 4.13. The van der Waals surface area contributed by atoms with Gasteiger partial charge < -0.3 is 10.1 Å². The summed E-state index contributed by atoms with van der Waals surface area (Å²) in [6.07, 6.45) is -0.543. The minimum atomic E-state index is -0.543. The van der Waals surface area contributed by atoms with Gasteiger partial charge in [-0.2, -0.15) is 0 Å². The zero-order chi connectivity index (χ0) is 15.2. The molecular weight excluding hydrogens is 286 g/mol. The number of hydrogen-bond acceptors (Lipinski definition) is 5. The molecule has 21 heavy (non-hydrogen) atoms. The van der Waals surface area contributed by atoms with Gasteiger partial charge >= 0.3 is 6.09 Å². The van der Waals surface area contributed by atoms with Crippen molar-refractivity contribution < 1.29 is 9.53 Å². The molecule has 0 saturated heterocycles. The summed E-state index contributed by atoms with van der Waals surface area (Å²) in [5.74, 6) is 0.812.